The first-order valence-electron chi connectivity index (χ1n) is 13.3. The summed E-state index contributed by atoms with van der Waals surface area (Å²) in [5.41, 5.74) is 1.26. The Kier molecular flexibility index (Phi) is 8.92. The molecule has 0 unspecified atom stereocenters. The van der Waals surface area contributed by atoms with E-state index in [1.165, 1.54) is 17.7 Å². The summed E-state index contributed by atoms with van der Waals surface area (Å²) >= 11 is 9.39. The Bertz CT molecular complexity index is 1310. The van der Waals surface area contributed by atoms with Crippen molar-refractivity contribution in [1.82, 2.24) is 24.8 Å². The molecule has 0 aromatic carbocycles. The Morgan fingerprint density at radius 2 is 1.97 bits per heavy atom. The van der Waals surface area contributed by atoms with Crippen LogP contribution in [0.1, 0.15) is 53.5 Å². The normalized spacial score (nSPS) is 20.5. The third-order valence-corrected chi connectivity index (χ3v) is 9.84. The van der Waals surface area contributed by atoms with Crippen molar-refractivity contribution in [2.24, 2.45) is 0 Å². The van der Waals surface area contributed by atoms with Gasteiger partial charge in [0.25, 0.3) is 0 Å². The van der Waals surface area contributed by atoms with Crippen LogP contribution in [0.2, 0.25) is 5.02 Å². The van der Waals surface area contributed by atoms with Crippen LogP contribution in [0, 0.1) is 0 Å². The number of aromatic nitrogens is 3. The van der Waals surface area contributed by atoms with Crippen molar-refractivity contribution >= 4 is 51.8 Å². The zero-order valence-electron chi connectivity index (χ0n) is 22.2. The number of carboxylic acids is 1. The molecule has 0 spiro atoms. The molecule has 0 bridgehead atoms. The van der Waals surface area contributed by atoms with E-state index in [9.17, 15) is 9.59 Å². The minimum Gasteiger partial charge on any atom is -0.481 e. The number of carbonyl (C=O) groups is 2. The van der Waals surface area contributed by atoms with Crippen LogP contribution in [0.4, 0.5) is 5.82 Å². The maximum atomic E-state index is 13.1. The van der Waals surface area contributed by atoms with Crippen LogP contribution in [-0.4, -0.2) is 86.4 Å². The van der Waals surface area contributed by atoms with E-state index >= 15 is 0 Å². The predicted molar refractivity (Wildman–Crippen MR) is 155 cm³/mol. The molecule has 0 radical (unpaired) electrons. The Labute approximate surface area is 241 Å². The molecule has 2 fully saturated rings. The summed E-state index contributed by atoms with van der Waals surface area (Å²) in [6.45, 7) is 9.03. The number of Topliss-reactive ketones (excluding diaryl/α,β-unsaturated/α-hetero) is 1. The minimum atomic E-state index is -0.780. The molecule has 9 nitrogen and oxygen atoms in total. The summed E-state index contributed by atoms with van der Waals surface area (Å²) in [5.74, 6) is -0.158. The first kappa shape index (κ1) is 28.1. The zero-order chi connectivity index (χ0) is 27.5. The lowest BCUT2D eigenvalue weighted by molar-refractivity contribution is -0.137. The van der Waals surface area contributed by atoms with Crippen molar-refractivity contribution in [3.05, 3.63) is 44.4 Å². The lowest BCUT2D eigenvalue weighted by Gasteiger charge is -2.40. The van der Waals surface area contributed by atoms with Crippen molar-refractivity contribution in [3.63, 3.8) is 0 Å². The van der Waals surface area contributed by atoms with Crippen LogP contribution < -0.4 is 4.90 Å². The third kappa shape index (κ3) is 6.83. The molecule has 1 N–H and O–H groups in total. The molecule has 5 heterocycles. The van der Waals surface area contributed by atoms with Crippen LogP contribution in [0.15, 0.2) is 23.8 Å². The van der Waals surface area contributed by atoms with Crippen LogP contribution in [-0.2, 0) is 17.8 Å². The van der Waals surface area contributed by atoms with Gasteiger partial charge in [-0.3, -0.25) is 19.4 Å². The summed E-state index contributed by atoms with van der Waals surface area (Å²) < 4.78 is 0. The number of likely N-dealkylation sites (tertiary alicyclic amines) is 1. The number of halogens is 1. The Morgan fingerprint density at radius 3 is 2.62 bits per heavy atom. The van der Waals surface area contributed by atoms with Crippen molar-refractivity contribution in [2.75, 3.05) is 37.6 Å². The summed E-state index contributed by atoms with van der Waals surface area (Å²) in [6, 6.07) is 2.69. The minimum absolute atomic E-state index is 0.105. The van der Waals surface area contributed by atoms with Gasteiger partial charge in [0.2, 0.25) is 0 Å². The quantitative estimate of drug-likeness (QED) is 0.337. The maximum Gasteiger partial charge on any atom is 0.304 e. The molecule has 2 atom stereocenters. The lowest BCUT2D eigenvalue weighted by atomic mass is 10.2. The predicted octanol–water partition coefficient (Wildman–Crippen LogP) is 4.71. The fourth-order valence-electron chi connectivity index (χ4n) is 5.26. The van der Waals surface area contributed by atoms with E-state index in [1.54, 1.807) is 35.1 Å². The number of carboxylic acid groups (broad SMARTS) is 1. The molecular formula is C27H33ClN6O3S2. The van der Waals surface area contributed by atoms with Gasteiger partial charge in [-0.05, 0) is 39.3 Å². The average Bonchev–Trinajstić information content (AvgIpc) is 3.63. The molecule has 2 aliphatic rings. The summed E-state index contributed by atoms with van der Waals surface area (Å²) in [4.78, 5) is 46.9. The van der Waals surface area contributed by atoms with Gasteiger partial charge in [0.05, 0.1) is 40.8 Å². The largest absolute Gasteiger partial charge is 0.481 e. The highest BCUT2D eigenvalue weighted by molar-refractivity contribution is 7.15. The van der Waals surface area contributed by atoms with Gasteiger partial charge in [-0.1, -0.05) is 11.6 Å². The van der Waals surface area contributed by atoms with Gasteiger partial charge in [0.1, 0.15) is 16.5 Å². The molecular weight excluding hydrogens is 556 g/mol. The Hall–Kier alpha value is -2.44. The smallest absolute Gasteiger partial charge is 0.304 e. The van der Waals surface area contributed by atoms with Gasteiger partial charge in [0, 0.05) is 55.1 Å². The van der Waals surface area contributed by atoms with E-state index in [-0.39, 0.29) is 24.7 Å². The van der Waals surface area contributed by atoms with E-state index in [0.717, 1.165) is 54.1 Å². The highest BCUT2D eigenvalue weighted by Crippen LogP contribution is 2.36. The van der Waals surface area contributed by atoms with Gasteiger partial charge in [0.15, 0.2) is 5.78 Å². The van der Waals surface area contributed by atoms with Gasteiger partial charge >= 0.3 is 5.97 Å². The molecule has 39 heavy (non-hydrogen) atoms. The fraction of sp³-hybridized carbons (Fsp3) is 0.519. The van der Waals surface area contributed by atoms with Gasteiger partial charge in [-0.25, -0.2) is 15.0 Å². The highest BCUT2D eigenvalue weighted by Gasteiger charge is 2.26. The van der Waals surface area contributed by atoms with E-state index in [2.05, 4.69) is 38.5 Å². The van der Waals surface area contributed by atoms with Crippen molar-refractivity contribution < 1.29 is 14.7 Å². The molecule has 0 amide bonds. The number of thiophene rings is 1. The van der Waals surface area contributed by atoms with Crippen LogP contribution in [0.25, 0.3) is 10.6 Å². The van der Waals surface area contributed by atoms with E-state index in [0.29, 0.717) is 23.3 Å². The summed E-state index contributed by atoms with van der Waals surface area (Å²) in [7, 11) is 0. The summed E-state index contributed by atoms with van der Waals surface area (Å²) in [6.07, 6.45) is 5.95. The second-order valence-electron chi connectivity index (χ2n) is 10.3. The number of hydrogen-bond acceptors (Lipinski definition) is 10. The van der Waals surface area contributed by atoms with Crippen molar-refractivity contribution in [1.29, 1.82) is 0 Å². The van der Waals surface area contributed by atoms with Crippen LogP contribution in [0.3, 0.4) is 0 Å². The maximum absolute atomic E-state index is 13.1. The number of nitrogens with zero attached hydrogens (tertiary/aromatic N) is 6. The first-order chi connectivity index (χ1) is 18.8. The molecule has 2 saturated heterocycles. The molecule has 12 heteroatoms. The monoisotopic (exact) mass is 588 g/mol. The number of thiazole rings is 1. The number of hydrogen-bond donors (Lipinski definition) is 1. The van der Waals surface area contributed by atoms with Gasteiger partial charge in [-0.2, -0.15) is 0 Å². The van der Waals surface area contributed by atoms with E-state index in [1.807, 2.05) is 11.4 Å². The van der Waals surface area contributed by atoms with E-state index in [4.69, 9.17) is 21.7 Å². The molecule has 0 saturated carbocycles. The lowest BCUT2D eigenvalue weighted by Crippen LogP contribution is -2.52. The summed E-state index contributed by atoms with van der Waals surface area (Å²) in [5, 5.41) is 12.4. The topological polar surface area (TPSA) is 103 Å². The van der Waals surface area contributed by atoms with Crippen molar-refractivity contribution in [2.45, 2.75) is 58.2 Å². The number of carbonyl (C=O) groups excluding carboxylic acids is 1. The molecule has 208 valence electrons. The Balaban J connectivity index is 1.25. The first-order valence-corrected chi connectivity index (χ1v) is 15.4. The third-order valence-electron chi connectivity index (χ3n) is 7.52. The standard InChI is InChI=1S/C27H33ClN6O3S2/c1-17-4-3-6-33(17)15-23-27(22-10-19(28)16-38-22)31-25(39-23)11-21(35)20-12-30-24(13-29-20)34-9-8-32(18(2)14-34)7-5-26(36)37/h10,12-13,16-18H,3-9,11,14-15H2,1-2H3,(H,36,37)/t17-,18+/m1/s1. The molecule has 2 aliphatic heterocycles. The van der Waals surface area contributed by atoms with Gasteiger partial charge in [-0.15, -0.1) is 22.7 Å². The molecule has 3 aromatic rings. The van der Waals surface area contributed by atoms with Crippen LogP contribution in [0.5, 0.6) is 0 Å². The number of aliphatic carboxylic acids is 1. The van der Waals surface area contributed by atoms with E-state index < -0.39 is 5.97 Å². The number of anilines is 1. The van der Waals surface area contributed by atoms with Crippen molar-refractivity contribution in [3.8, 4) is 10.6 Å². The second-order valence-corrected chi connectivity index (χ2v) is 12.8. The molecule has 5 rings (SSSR count). The number of ketones is 1. The highest BCUT2D eigenvalue weighted by atomic mass is 35.5. The fourth-order valence-corrected chi connectivity index (χ4v) is 7.52. The van der Waals surface area contributed by atoms with Crippen LogP contribution >= 0.6 is 34.3 Å². The van der Waals surface area contributed by atoms with Gasteiger partial charge < -0.3 is 10.0 Å². The molecule has 0 aliphatic carbocycles. The molecule has 3 aromatic heterocycles. The number of rotatable bonds is 10. The zero-order valence-corrected chi connectivity index (χ0v) is 24.6. The average molecular weight is 589 g/mol. The second kappa shape index (κ2) is 12.4. The Morgan fingerprint density at radius 1 is 1.13 bits per heavy atom. The SMILES string of the molecule is C[C@@H]1CCCN1Cc1sc(CC(=O)c2cnc(N3CCN(CCC(=O)O)[C@@H](C)C3)cn2)nc1-c1cc(Cl)cs1. The number of piperazine rings is 1.